The largest absolute Gasteiger partial charge is 0.497 e. The molecule has 4 rings (SSSR count). The van der Waals surface area contributed by atoms with Crippen LogP contribution in [0.25, 0.3) is 0 Å². The van der Waals surface area contributed by atoms with E-state index < -0.39 is 40.2 Å². The minimum absolute atomic E-state index is 0.0250. The molecule has 0 radical (unpaired) electrons. The molecular formula is C32H37F2N3O5S. The topological polar surface area (TPSA) is 96.0 Å². The molecule has 1 atom stereocenters. The maximum absolute atomic E-state index is 14.2. The molecule has 0 spiro atoms. The van der Waals surface area contributed by atoms with E-state index in [-0.39, 0.29) is 30.6 Å². The Hall–Kier alpha value is -3.99. The second kappa shape index (κ2) is 14.5. The minimum Gasteiger partial charge on any atom is -0.497 e. The zero-order valence-electron chi connectivity index (χ0n) is 24.3. The molecule has 0 bridgehead atoms. The van der Waals surface area contributed by atoms with Gasteiger partial charge in [-0.05, 0) is 48.2 Å². The minimum atomic E-state index is -4.11. The second-order valence-corrected chi connectivity index (χ2v) is 12.7. The highest BCUT2D eigenvalue weighted by Gasteiger charge is 2.34. The van der Waals surface area contributed by atoms with E-state index in [1.54, 1.807) is 24.3 Å². The maximum Gasteiger partial charge on any atom is 0.244 e. The predicted octanol–water partition coefficient (Wildman–Crippen LogP) is 4.83. The fraction of sp³-hybridized carbons (Fsp3) is 0.375. The van der Waals surface area contributed by atoms with Crippen LogP contribution in [0.15, 0.2) is 72.8 Å². The summed E-state index contributed by atoms with van der Waals surface area (Å²) in [5.41, 5.74) is 1.27. The number of amides is 2. The van der Waals surface area contributed by atoms with Crippen molar-refractivity contribution in [2.24, 2.45) is 0 Å². The second-order valence-electron chi connectivity index (χ2n) is 10.8. The smallest absolute Gasteiger partial charge is 0.244 e. The van der Waals surface area contributed by atoms with Crippen LogP contribution in [0.1, 0.15) is 43.2 Å². The summed E-state index contributed by atoms with van der Waals surface area (Å²) >= 11 is 0. The lowest BCUT2D eigenvalue weighted by molar-refractivity contribution is -0.140. The van der Waals surface area contributed by atoms with E-state index in [1.807, 2.05) is 30.3 Å². The average Bonchev–Trinajstić information content (AvgIpc) is 2.99. The van der Waals surface area contributed by atoms with Crippen LogP contribution in [0.4, 0.5) is 14.5 Å². The van der Waals surface area contributed by atoms with Crippen molar-refractivity contribution in [1.29, 1.82) is 0 Å². The van der Waals surface area contributed by atoms with Crippen LogP contribution in [0.3, 0.4) is 0 Å². The van der Waals surface area contributed by atoms with Gasteiger partial charge in [0.1, 0.15) is 18.3 Å². The van der Waals surface area contributed by atoms with Crippen LogP contribution in [-0.2, 0) is 32.6 Å². The van der Waals surface area contributed by atoms with Crippen LogP contribution in [0.5, 0.6) is 5.75 Å². The molecule has 1 aliphatic carbocycles. The fourth-order valence-electron chi connectivity index (χ4n) is 5.32. The number of ether oxygens (including phenoxy) is 1. The molecule has 230 valence electrons. The Kier molecular flexibility index (Phi) is 10.7. The first-order chi connectivity index (χ1) is 20.5. The Balaban J connectivity index is 1.74. The van der Waals surface area contributed by atoms with Crippen molar-refractivity contribution in [1.82, 2.24) is 10.2 Å². The predicted molar refractivity (Wildman–Crippen MR) is 161 cm³/mol. The highest BCUT2D eigenvalue weighted by atomic mass is 32.2. The van der Waals surface area contributed by atoms with Gasteiger partial charge in [-0.15, -0.1) is 0 Å². The molecule has 43 heavy (non-hydrogen) atoms. The third-order valence-electron chi connectivity index (χ3n) is 7.58. The summed E-state index contributed by atoms with van der Waals surface area (Å²) in [5, 5.41) is 3.13. The van der Waals surface area contributed by atoms with Gasteiger partial charge in [-0.1, -0.05) is 61.7 Å². The van der Waals surface area contributed by atoms with Crippen molar-refractivity contribution in [3.8, 4) is 5.75 Å². The number of carbonyl (C=O) groups is 2. The number of hydrogen-bond acceptors (Lipinski definition) is 5. The number of hydrogen-bond donors (Lipinski definition) is 1. The first-order valence-corrected chi connectivity index (χ1v) is 16.1. The fourth-order valence-corrected chi connectivity index (χ4v) is 6.16. The normalized spacial score (nSPS) is 14.5. The van der Waals surface area contributed by atoms with E-state index in [2.05, 4.69) is 5.32 Å². The number of rotatable bonds is 12. The van der Waals surface area contributed by atoms with E-state index >= 15 is 0 Å². The van der Waals surface area contributed by atoms with E-state index in [0.29, 0.717) is 11.3 Å². The molecule has 0 aliphatic heterocycles. The van der Waals surface area contributed by atoms with Crippen molar-refractivity contribution in [2.45, 2.75) is 57.2 Å². The number of benzene rings is 3. The van der Waals surface area contributed by atoms with Crippen molar-refractivity contribution < 1.29 is 31.5 Å². The van der Waals surface area contributed by atoms with Crippen LogP contribution in [-0.4, -0.2) is 57.1 Å². The molecule has 11 heteroatoms. The SMILES string of the molecule is COc1cccc(CN(C(=O)CN(c2ccc(F)c(F)c2)S(C)(=O)=O)C(Cc2ccccc2)C(=O)NC2CCCCC2)c1. The molecular weight excluding hydrogens is 576 g/mol. The summed E-state index contributed by atoms with van der Waals surface area (Å²) in [5.74, 6) is -2.87. The Morgan fingerprint density at radius 1 is 0.930 bits per heavy atom. The number of sulfonamides is 1. The zero-order valence-corrected chi connectivity index (χ0v) is 25.2. The maximum atomic E-state index is 14.2. The summed E-state index contributed by atoms with van der Waals surface area (Å²) in [6.07, 6.45) is 5.84. The lowest BCUT2D eigenvalue weighted by atomic mass is 9.94. The third-order valence-corrected chi connectivity index (χ3v) is 8.72. The van der Waals surface area contributed by atoms with Gasteiger partial charge in [0.25, 0.3) is 0 Å². The Bertz CT molecular complexity index is 1510. The summed E-state index contributed by atoms with van der Waals surface area (Å²) in [4.78, 5) is 29.5. The van der Waals surface area contributed by atoms with Gasteiger partial charge in [-0.2, -0.15) is 0 Å². The molecule has 1 aliphatic rings. The molecule has 1 N–H and O–H groups in total. The number of methoxy groups -OCH3 is 1. The zero-order chi connectivity index (χ0) is 31.0. The van der Waals surface area contributed by atoms with Crippen molar-refractivity contribution in [3.05, 3.63) is 95.6 Å². The lowest BCUT2D eigenvalue weighted by Crippen LogP contribution is -2.55. The van der Waals surface area contributed by atoms with Crippen LogP contribution in [0, 0.1) is 11.6 Å². The van der Waals surface area contributed by atoms with Crippen molar-refractivity contribution in [2.75, 3.05) is 24.2 Å². The molecule has 3 aromatic rings. The van der Waals surface area contributed by atoms with Gasteiger partial charge in [0, 0.05) is 25.1 Å². The number of anilines is 1. The lowest BCUT2D eigenvalue weighted by Gasteiger charge is -2.35. The molecule has 0 aromatic heterocycles. The van der Waals surface area contributed by atoms with Gasteiger partial charge in [-0.3, -0.25) is 13.9 Å². The standard InChI is InChI=1S/C32H37F2N3O5S/c1-42-27-15-9-12-24(18-27)21-36(31(38)22-37(43(2,40)41)26-16-17-28(33)29(34)20-26)30(19-23-10-5-3-6-11-23)32(39)35-25-13-7-4-8-14-25/h3,5-6,9-12,15-18,20,25,30H,4,7-8,13-14,19,21-22H2,1-2H3,(H,35,39). The van der Waals surface area contributed by atoms with Crippen LogP contribution in [0.2, 0.25) is 0 Å². The number of nitrogens with one attached hydrogen (secondary N) is 1. The number of carbonyl (C=O) groups excluding carboxylic acids is 2. The van der Waals surface area contributed by atoms with Gasteiger partial charge in [0.15, 0.2) is 11.6 Å². The van der Waals surface area contributed by atoms with Gasteiger partial charge >= 0.3 is 0 Å². The third kappa shape index (κ3) is 8.76. The molecule has 3 aromatic carbocycles. The summed E-state index contributed by atoms with van der Waals surface area (Å²) in [6, 6.07) is 17.9. The molecule has 1 saturated carbocycles. The van der Waals surface area contributed by atoms with Gasteiger partial charge in [0.2, 0.25) is 21.8 Å². The highest BCUT2D eigenvalue weighted by Crippen LogP contribution is 2.24. The number of nitrogens with zero attached hydrogens (tertiary/aromatic N) is 2. The van der Waals surface area contributed by atoms with E-state index in [0.717, 1.165) is 66.4 Å². The Morgan fingerprint density at radius 2 is 1.63 bits per heavy atom. The summed E-state index contributed by atoms with van der Waals surface area (Å²) in [7, 11) is -2.59. The van der Waals surface area contributed by atoms with Crippen LogP contribution < -0.4 is 14.4 Å². The Morgan fingerprint density at radius 3 is 2.28 bits per heavy atom. The first-order valence-electron chi connectivity index (χ1n) is 14.2. The van der Waals surface area contributed by atoms with Gasteiger partial charge in [-0.25, -0.2) is 17.2 Å². The molecule has 0 heterocycles. The monoisotopic (exact) mass is 613 g/mol. The number of halogens is 2. The molecule has 1 unspecified atom stereocenters. The van der Waals surface area contributed by atoms with Crippen LogP contribution >= 0.6 is 0 Å². The van der Waals surface area contributed by atoms with Gasteiger partial charge < -0.3 is 15.0 Å². The van der Waals surface area contributed by atoms with Crippen molar-refractivity contribution in [3.63, 3.8) is 0 Å². The van der Waals surface area contributed by atoms with E-state index in [9.17, 15) is 26.8 Å². The molecule has 8 nitrogen and oxygen atoms in total. The first kappa shape index (κ1) is 31.9. The van der Waals surface area contributed by atoms with E-state index in [1.165, 1.54) is 12.0 Å². The highest BCUT2D eigenvalue weighted by molar-refractivity contribution is 7.92. The average molecular weight is 614 g/mol. The molecule has 2 amide bonds. The summed E-state index contributed by atoms with van der Waals surface area (Å²) < 4.78 is 59.5. The van der Waals surface area contributed by atoms with Crippen molar-refractivity contribution >= 4 is 27.5 Å². The Labute approximate surface area is 251 Å². The van der Waals surface area contributed by atoms with E-state index in [4.69, 9.17) is 4.74 Å². The summed E-state index contributed by atoms with van der Waals surface area (Å²) in [6.45, 7) is -0.753. The van der Waals surface area contributed by atoms with Gasteiger partial charge in [0.05, 0.1) is 19.1 Å². The molecule has 0 saturated heterocycles. The quantitative estimate of drug-likeness (QED) is 0.316. The molecule has 1 fully saturated rings.